The lowest BCUT2D eigenvalue weighted by molar-refractivity contribution is 0.260. The Balaban J connectivity index is 3.01. The van der Waals surface area contributed by atoms with Gasteiger partial charge in [0.05, 0.1) is 0 Å². The van der Waals surface area contributed by atoms with Gasteiger partial charge in [-0.15, -0.1) is 0 Å². The van der Waals surface area contributed by atoms with Crippen molar-refractivity contribution in [2.45, 2.75) is 84.5 Å². The zero-order chi connectivity index (χ0) is 14.9. The molecule has 114 valence electrons. The van der Waals surface area contributed by atoms with E-state index in [-0.39, 0.29) is 0 Å². The van der Waals surface area contributed by atoms with Crippen LogP contribution in [0.4, 0.5) is 0 Å². The Kier molecular flexibility index (Phi) is 5.73. The van der Waals surface area contributed by atoms with Crippen LogP contribution in [0.25, 0.3) is 0 Å². The summed E-state index contributed by atoms with van der Waals surface area (Å²) < 4.78 is 2.75. The molecule has 0 aromatic rings. The first-order valence-corrected chi connectivity index (χ1v) is 10.8. The molecule has 0 N–H and O–H groups in total. The first-order chi connectivity index (χ1) is 8.67. The molecule has 0 unspecified atom stereocenters. The van der Waals surface area contributed by atoms with Crippen molar-refractivity contribution in [1.29, 1.82) is 0 Å². The highest BCUT2D eigenvalue weighted by atomic mass is 32.4. The summed E-state index contributed by atoms with van der Waals surface area (Å²) in [4.78, 5) is 0. The van der Waals surface area contributed by atoms with Crippen molar-refractivity contribution >= 4 is 18.0 Å². The average molecular weight is 303 g/mol. The normalized spacial score (nSPS) is 32.3. The summed E-state index contributed by atoms with van der Waals surface area (Å²) in [5.41, 5.74) is 0. The Labute approximate surface area is 126 Å². The van der Waals surface area contributed by atoms with E-state index in [1.54, 1.807) is 0 Å². The van der Waals surface area contributed by atoms with E-state index in [0.717, 1.165) is 5.92 Å². The second-order valence-electron chi connectivity index (χ2n) is 7.27. The van der Waals surface area contributed by atoms with Gasteiger partial charge in [0.1, 0.15) is 0 Å². The number of hydrogen-bond acceptors (Lipinski definition) is 1. The van der Waals surface area contributed by atoms with Gasteiger partial charge in [-0.1, -0.05) is 73.1 Å². The molecule has 1 aliphatic heterocycles. The van der Waals surface area contributed by atoms with Gasteiger partial charge in [-0.05, 0) is 18.8 Å². The third kappa shape index (κ3) is 2.58. The van der Waals surface area contributed by atoms with Crippen LogP contribution in [-0.2, 0) is 11.8 Å². The third-order valence-electron chi connectivity index (χ3n) is 5.62. The molecule has 0 spiro atoms. The molecule has 1 fully saturated rings. The summed E-state index contributed by atoms with van der Waals surface area (Å²) in [5, 5.41) is 0.681. The van der Waals surface area contributed by atoms with Crippen LogP contribution in [0.1, 0.15) is 74.1 Å². The van der Waals surface area contributed by atoms with Gasteiger partial charge >= 0.3 is 0 Å². The minimum atomic E-state index is -1.46. The third-order valence-corrected chi connectivity index (χ3v) is 14.2. The lowest BCUT2D eigenvalue weighted by atomic mass is 9.83. The van der Waals surface area contributed by atoms with Crippen molar-refractivity contribution in [3.8, 4) is 0 Å². The van der Waals surface area contributed by atoms with Crippen LogP contribution in [0, 0.1) is 5.92 Å². The molecule has 1 saturated heterocycles. The fraction of sp³-hybridized carbons (Fsp3) is 1.00. The number of unbranched alkanes of at least 4 members (excludes halogenated alkanes) is 2. The molecule has 0 aromatic carbocycles. The van der Waals surface area contributed by atoms with E-state index < -0.39 is 6.19 Å². The molecule has 0 atom stereocenters. The molecule has 1 rings (SSSR count). The summed E-state index contributed by atoms with van der Waals surface area (Å²) in [6.07, 6.45) is 3.68. The molecular formula is C16H34NPS. The molecule has 1 heterocycles. The minimum absolute atomic E-state index is 0.341. The maximum Gasteiger partial charge on any atom is 0.0264 e. The van der Waals surface area contributed by atoms with E-state index in [2.05, 4.69) is 53.1 Å². The Morgan fingerprint density at radius 2 is 1.32 bits per heavy atom. The summed E-state index contributed by atoms with van der Waals surface area (Å²) in [6.45, 7) is 19.1. The summed E-state index contributed by atoms with van der Waals surface area (Å²) in [7, 11) is 0. The van der Waals surface area contributed by atoms with E-state index in [1.807, 2.05) is 0 Å². The quantitative estimate of drug-likeness (QED) is 0.572. The SMILES string of the molecule is CCCCN(CCCC)P1(=S)C(C)(C)C(C)C1(C)C. The molecule has 0 saturated carbocycles. The highest BCUT2D eigenvalue weighted by molar-refractivity contribution is 8.15. The van der Waals surface area contributed by atoms with E-state index in [0.29, 0.717) is 10.3 Å². The minimum Gasteiger partial charge on any atom is -0.274 e. The van der Waals surface area contributed by atoms with Gasteiger partial charge in [0.2, 0.25) is 0 Å². The predicted molar refractivity (Wildman–Crippen MR) is 93.0 cm³/mol. The van der Waals surface area contributed by atoms with Crippen molar-refractivity contribution in [2.75, 3.05) is 13.1 Å². The number of hydrogen-bond donors (Lipinski definition) is 0. The predicted octanol–water partition coefficient (Wildman–Crippen LogP) is 5.49. The van der Waals surface area contributed by atoms with Gasteiger partial charge in [0.25, 0.3) is 0 Å². The Bertz CT molecular complexity index is 321. The average Bonchev–Trinajstić information content (AvgIpc) is 2.36. The first kappa shape index (κ1) is 17.7. The van der Waals surface area contributed by atoms with E-state index in [1.165, 1.54) is 38.8 Å². The molecule has 0 aliphatic carbocycles. The van der Waals surface area contributed by atoms with Gasteiger partial charge < -0.3 is 0 Å². The zero-order valence-electron chi connectivity index (χ0n) is 14.1. The van der Waals surface area contributed by atoms with Gasteiger partial charge in [0, 0.05) is 29.6 Å². The molecule has 0 amide bonds. The molecule has 1 nitrogen and oxygen atoms in total. The van der Waals surface area contributed by atoms with Crippen LogP contribution in [0.5, 0.6) is 0 Å². The highest BCUT2D eigenvalue weighted by Crippen LogP contribution is 2.83. The van der Waals surface area contributed by atoms with Gasteiger partial charge in [0.15, 0.2) is 0 Å². The maximum absolute atomic E-state index is 6.37. The van der Waals surface area contributed by atoms with E-state index in [9.17, 15) is 0 Å². The lowest BCUT2D eigenvalue weighted by Gasteiger charge is -2.69. The molecule has 3 heteroatoms. The van der Waals surface area contributed by atoms with Crippen LogP contribution in [-0.4, -0.2) is 28.1 Å². The van der Waals surface area contributed by atoms with Crippen LogP contribution in [0.15, 0.2) is 0 Å². The first-order valence-electron chi connectivity index (χ1n) is 8.03. The van der Waals surface area contributed by atoms with Gasteiger partial charge in [-0.2, -0.15) is 0 Å². The Morgan fingerprint density at radius 1 is 0.947 bits per heavy atom. The maximum atomic E-state index is 6.37. The van der Waals surface area contributed by atoms with Crippen LogP contribution in [0.2, 0.25) is 0 Å². The summed E-state index contributed by atoms with van der Waals surface area (Å²) in [6, 6.07) is 0. The summed E-state index contributed by atoms with van der Waals surface area (Å²) in [5.74, 6) is 0.733. The van der Waals surface area contributed by atoms with Crippen molar-refractivity contribution in [3.05, 3.63) is 0 Å². The topological polar surface area (TPSA) is 3.24 Å². The largest absolute Gasteiger partial charge is 0.274 e. The molecular weight excluding hydrogens is 269 g/mol. The number of nitrogens with zero attached hydrogens (tertiary/aromatic N) is 1. The molecule has 0 radical (unpaired) electrons. The Morgan fingerprint density at radius 3 is 1.63 bits per heavy atom. The number of rotatable bonds is 7. The standard InChI is InChI=1S/C16H34NPS/c1-8-10-12-17(13-11-9-2)18(19)15(4,5)14(3)16(18,6)7/h14H,8-13H2,1-7H3. The zero-order valence-corrected chi connectivity index (χ0v) is 15.8. The van der Waals surface area contributed by atoms with Crippen molar-refractivity contribution in [3.63, 3.8) is 0 Å². The van der Waals surface area contributed by atoms with Crippen molar-refractivity contribution < 1.29 is 0 Å². The van der Waals surface area contributed by atoms with Crippen LogP contribution < -0.4 is 0 Å². The fourth-order valence-electron chi connectivity index (χ4n) is 3.87. The smallest absolute Gasteiger partial charge is 0.0264 e. The molecule has 19 heavy (non-hydrogen) atoms. The second kappa shape index (κ2) is 6.16. The van der Waals surface area contributed by atoms with E-state index >= 15 is 0 Å². The fourth-order valence-corrected chi connectivity index (χ4v) is 10.6. The Hall–Kier alpha value is 0.610. The monoisotopic (exact) mass is 303 g/mol. The highest BCUT2D eigenvalue weighted by Gasteiger charge is 2.66. The van der Waals surface area contributed by atoms with E-state index in [4.69, 9.17) is 11.8 Å². The van der Waals surface area contributed by atoms with Crippen LogP contribution in [0.3, 0.4) is 0 Å². The molecule has 1 aliphatic rings. The van der Waals surface area contributed by atoms with Crippen LogP contribution >= 0.6 is 6.19 Å². The van der Waals surface area contributed by atoms with Gasteiger partial charge in [-0.25, -0.2) is 0 Å². The van der Waals surface area contributed by atoms with Crippen molar-refractivity contribution in [2.24, 2.45) is 5.92 Å². The lowest BCUT2D eigenvalue weighted by Crippen LogP contribution is -2.61. The second-order valence-corrected chi connectivity index (χ2v) is 12.9. The summed E-state index contributed by atoms with van der Waals surface area (Å²) >= 11 is 6.37. The molecule has 0 aromatic heterocycles. The van der Waals surface area contributed by atoms with Gasteiger partial charge in [-0.3, -0.25) is 4.67 Å². The van der Waals surface area contributed by atoms with Crippen molar-refractivity contribution in [1.82, 2.24) is 4.67 Å². The molecule has 0 bridgehead atoms.